The smallest absolute Gasteiger partial charge is 0.311 e. The molecule has 7 nitrogen and oxygen atoms in total. The number of phenols is 1. The summed E-state index contributed by atoms with van der Waals surface area (Å²) in [6.45, 7) is 1.69. The molecule has 0 aliphatic rings. The number of aryl methyl sites for hydroxylation is 1. The molecule has 24 heavy (non-hydrogen) atoms. The lowest BCUT2D eigenvalue weighted by Crippen LogP contribution is -2.06. The molecule has 124 valence electrons. The van der Waals surface area contributed by atoms with Gasteiger partial charge in [-0.15, -0.1) is 5.10 Å². The summed E-state index contributed by atoms with van der Waals surface area (Å²) < 4.78 is 0. The van der Waals surface area contributed by atoms with E-state index in [0.717, 1.165) is 5.56 Å². The maximum Gasteiger partial charge on any atom is 0.311 e. The molecular weight excluding hydrogens is 328 g/mol. The van der Waals surface area contributed by atoms with Crippen LogP contribution in [0.3, 0.4) is 0 Å². The minimum atomic E-state index is -0.646. The van der Waals surface area contributed by atoms with Crippen LogP contribution in [-0.4, -0.2) is 21.4 Å². The van der Waals surface area contributed by atoms with Crippen LogP contribution in [0.1, 0.15) is 16.7 Å². The molecule has 0 bridgehead atoms. The van der Waals surface area contributed by atoms with Gasteiger partial charge in [0.2, 0.25) is 5.75 Å². The fraction of sp³-hybridized carbons (Fsp3) is 0.125. The van der Waals surface area contributed by atoms with Crippen LogP contribution >= 0.6 is 11.8 Å². The van der Waals surface area contributed by atoms with Crippen molar-refractivity contribution in [2.24, 2.45) is 15.9 Å². The largest absolute Gasteiger partial charge is 0.502 e. The van der Waals surface area contributed by atoms with Gasteiger partial charge in [-0.1, -0.05) is 42.1 Å². The van der Waals surface area contributed by atoms with Crippen molar-refractivity contribution in [1.29, 1.82) is 0 Å². The number of thioether (sulfide) groups is 1. The Balaban J connectivity index is 2.06. The van der Waals surface area contributed by atoms with Crippen molar-refractivity contribution in [2.45, 2.75) is 12.7 Å². The van der Waals surface area contributed by atoms with Crippen molar-refractivity contribution in [3.05, 3.63) is 69.3 Å². The number of nitrogens with two attached hydrogens (primary N) is 1. The Labute approximate surface area is 143 Å². The number of nitro groups is 1. The second kappa shape index (κ2) is 8.11. The van der Waals surface area contributed by atoms with Crippen LogP contribution in [0.2, 0.25) is 0 Å². The van der Waals surface area contributed by atoms with Gasteiger partial charge in [-0.25, -0.2) is 0 Å². The van der Waals surface area contributed by atoms with Crippen LogP contribution in [-0.2, 0) is 5.75 Å². The predicted octanol–water partition coefficient (Wildman–Crippen LogP) is 3.19. The number of phenolic OH excluding ortho intramolecular Hbond substituents is 1. The van der Waals surface area contributed by atoms with Crippen LogP contribution < -0.4 is 5.73 Å². The van der Waals surface area contributed by atoms with Crippen molar-refractivity contribution >= 4 is 28.8 Å². The minimum Gasteiger partial charge on any atom is -0.502 e. The molecule has 3 N–H and O–H groups in total. The molecule has 0 heterocycles. The maximum absolute atomic E-state index is 10.9. The van der Waals surface area contributed by atoms with Gasteiger partial charge in [0.15, 0.2) is 5.17 Å². The van der Waals surface area contributed by atoms with Crippen LogP contribution in [0.5, 0.6) is 5.75 Å². The Morgan fingerprint density at radius 3 is 2.75 bits per heavy atom. The van der Waals surface area contributed by atoms with Gasteiger partial charge >= 0.3 is 5.69 Å². The molecule has 2 aromatic rings. The molecule has 0 saturated heterocycles. The molecule has 2 rings (SSSR count). The summed E-state index contributed by atoms with van der Waals surface area (Å²) in [4.78, 5) is 10.2. The molecule has 0 unspecified atom stereocenters. The molecule has 0 saturated carbocycles. The van der Waals surface area contributed by atoms with Crippen LogP contribution in [0, 0.1) is 17.0 Å². The summed E-state index contributed by atoms with van der Waals surface area (Å²) in [7, 11) is 0. The first-order valence-corrected chi connectivity index (χ1v) is 7.97. The van der Waals surface area contributed by atoms with E-state index in [1.807, 2.05) is 30.3 Å². The van der Waals surface area contributed by atoms with E-state index in [2.05, 4.69) is 10.2 Å². The van der Waals surface area contributed by atoms with Gasteiger partial charge in [-0.05, 0) is 24.1 Å². The molecule has 0 radical (unpaired) electrons. The lowest BCUT2D eigenvalue weighted by molar-refractivity contribution is -0.385. The van der Waals surface area contributed by atoms with Crippen molar-refractivity contribution in [2.75, 3.05) is 0 Å². The highest BCUT2D eigenvalue weighted by molar-refractivity contribution is 8.13. The molecule has 0 atom stereocenters. The third kappa shape index (κ3) is 4.82. The highest BCUT2D eigenvalue weighted by Gasteiger charge is 2.16. The molecular formula is C16H16N4O3S. The number of benzene rings is 2. The van der Waals surface area contributed by atoms with Gasteiger partial charge in [-0.3, -0.25) is 10.1 Å². The first-order chi connectivity index (χ1) is 11.5. The highest BCUT2D eigenvalue weighted by atomic mass is 32.2. The summed E-state index contributed by atoms with van der Waals surface area (Å²) in [5.74, 6) is 0.215. The quantitative estimate of drug-likeness (QED) is 0.374. The lowest BCUT2D eigenvalue weighted by Gasteiger charge is -2.02. The molecule has 0 aliphatic carbocycles. The van der Waals surface area contributed by atoms with Gasteiger partial charge in [0, 0.05) is 17.4 Å². The second-order valence-electron chi connectivity index (χ2n) is 4.94. The van der Waals surface area contributed by atoms with Gasteiger partial charge in [0.05, 0.1) is 11.1 Å². The van der Waals surface area contributed by atoms with Crippen molar-refractivity contribution in [1.82, 2.24) is 0 Å². The Hall–Kier alpha value is -2.87. The van der Waals surface area contributed by atoms with Crippen molar-refractivity contribution in [3.8, 4) is 5.75 Å². The molecule has 0 fully saturated rings. The molecule has 8 heteroatoms. The first kappa shape index (κ1) is 17.5. The number of rotatable bonds is 5. The van der Waals surface area contributed by atoms with Crippen LogP contribution in [0.4, 0.5) is 5.69 Å². The number of nitro benzene ring substituents is 1. The number of amidine groups is 1. The molecule has 0 amide bonds. The van der Waals surface area contributed by atoms with Crippen molar-refractivity contribution in [3.63, 3.8) is 0 Å². The van der Waals surface area contributed by atoms with E-state index in [0.29, 0.717) is 11.3 Å². The topological polar surface area (TPSA) is 114 Å². The third-order valence-corrected chi connectivity index (χ3v) is 3.90. The fourth-order valence-corrected chi connectivity index (χ4v) is 2.55. The second-order valence-corrected chi connectivity index (χ2v) is 5.93. The Bertz CT molecular complexity index is 791. The van der Waals surface area contributed by atoms with E-state index in [9.17, 15) is 15.2 Å². The predicted molar refractivity (Wildman–Crippen MR) is 96.5 cm³/mol. The maximum atomic E-state index is 10.9. The normalized spacial score (nSPS) is 11.8. The van der Waals surface area contributed by atoms with Crippen molar-refractivity contribution < 1.29 is 10.0 Å². The molecule has 0 aromatic heterocycles. The Kier molecular flexibility index (Phi) is 5.91. The zero-order chi connectivity index (χ0) is 17.5. The number of nitrogens with zero attached hydrogens (tertiary/aromatic N) is 3. The fourth-order valence-electron chi connectivity index (χ4n) is 1.93. The summed E-state index contributed by atoms with van der Waals surface area (Å²) >= 11 is 1.32. The molecule has 0 spiro atoms. The van der Waals surface area contributed by atoms with E-state index < -0.39 is 10.7 Å². The zero-order valence-corrected chi connectivity index (χ0v) is 13.7. The third-order valence-electron chi connectivity index (χ3n) is 3.04. The minimum absolute atomic E-state index is 0.214. The van der Waals surface area contributed by atoms with E-state index in [1.54, 1.807) is 13.0 Å². The van der Waals surface area contributed by atoms with E-state index in [4.69, 9.17) is 5.73 Å². The zero-order valence-electron chi connectivity index (χ0n) is 12.9. The monoisotopic (exact) mass is 344 g/mol. The van der Waals surface area contributed by atoms with E-state index in [-0.39, 0.29) is 16.4 Å². The Morgan fingerprint density at radius 2 is 2.08 bits per heavy atom. The Morgan fingerprint density at radius 1 is 1.38 bits per heavy atom. The molecule has 0 aliphatic heterocycles. The summed E-state index contributed by atoms with van der Waals surface area (Å²) in [6, 6.07) is 12.6. The van der Waals surface area contributed by atoms with Gasteiger partial charge < -0.3 is 10.8 Å². The first-order valence-electron chi connectivity index (χ1n) is 6.98. The lowest BCUT2D eigenvalue weighted by atomic mass is 10.1. The van der Waals surface area contributed by atoms with Gasteiger partial charge in [0.25, 0.3) is 0 Å². The molecule has 2 aromatic carbocycles. The van der Waals surface area contributed by atoms with E-state index in [1.165, 1.54) is 24.0 Å². The number of hydrogen-bond donors (Lipinski definition) is 2. The van der Waals surface area contributed by atoms with Gasteiger partial charge in [0.1, 0.15) is 0 Å². The van der Waals surface area contributed by atoms with Crippen LogP contribution in [0.25, 0.3) is 0 Å². The summed E-state index contributed by atoms with van der Waals surface area (Å²) in [5.41, 5.74) is 7.35. The average Bonchev–Trinajstić information content (AvgIpc) is 2.56. The average molecular weight is 344 g/mol. The standard InChI is InChI=1S/C16H16N4O3S/c1-11-7-13(15(21)14(8-11)20(22)23)9-18-19-16(17)24-10-12-5-3-2-4-6-12/h2-9,21H,10H2,1H3,(H2,17,19). The number of hydrogen-bond acceptors (Lipinski definition) is 6. The highest BCUT2D eigenvalue weighted by Crippen LogP contribution is 2.30. The summed E-state index contributed by atoms with van der Waals surface area (Å²) in [6.07, 6.45) is 1.24. The number of aromatic hydroxyl groups is 1. The van der Waals surface area contributed by atoms with E-state index >= 15 is 0 Å². The summed E-state index contributed by atoms with van der Waals surface area (Å²) in [5, 5.41) is 28.6. The SMILES string of the molecule is Cc1cc(C=NN=C(N)SCc2ccccc2)c(O)c([N+](=O)[O-])c1. The van der Waals surface area contributed by atoms with Gasteiger partial charge in [-0.2, -0.15) is 5.10 Å². The van der Waals surface area contributed by atoms with Crippen LogP contribution in [0.15, 0.2) is 52.7 Å².